The van der Waals surface area contributed by atoms with Crippen LogP contribution in [0.25, 0.3) is 6.08 Å². The average Bonchev–Trinajstić information content (AvgIpc) is 2.96. The fourth-order valence-electron chi connectivity index (χ4n) is 1.75. The van der Waals surface area contributed by atoms with Crippen LogP contribution in [-0.4, -0.2) is 5.91 Å². The van der Waals surface area contributed by atoms with E-state index in [4.69, 9.17) is 0 Å². The van der Waals surface area contributed by atoms with Gasteiger partial charge in [0, 0.05) is 16.6 Å². The van der Waals surface area contributed by atoms with E-state index >= 15 is 0 Å². The molecule has 2 rings (SSSR count). The maximum atomic E-state index is 12.7. The van der Waals surface area contributed by atoms with E-state index < -0.39 is 35.1 Å². The summed E-state index contributed by atoms with van der Waals surface area (Å²) in [5, 5.41) is 3.76. The minimum Gasteiger partial charge on any atom is -0.322 e. The van der Waals surface area contributed by atoms with Crippen molar-refractivity contribution in [1.29, 1.82) is 0 Å². The molecule has 1 aromatic heterocycles. The summed E-state index contributed by atoms with van der Waals surface area (Å²) in [6.45, 7) is 0. The standard InChI is InChI=1S/C15H9F6NOS/c16-14(17,18)9-6-10(15(19,20)21)8-11(7-9)22-13(23)4-3-12-2-1-5-24-12/h1-8H,(H,22,23)/b4-3+. The molecule has 1 heterocycles. The van der Waals surface area contributed by atoms with Gasteiger partial charge < -0.3 is 5.32 Å². The number of hydrogen-bond acceptors (Lipinski definition) is 2. The van der Waals surface area contributed by atoms with Gasteiger partial charge in [0.15, 0.2) is 0 Å². The zero-order valence-corrected chi connectivity index (χ0v) is 12.5. The topological polar surface area (TPSA) is 29.1 Å². The molecule has 0 aliphatic rings. The number of carbonyl (C=O) groups is 1. The van der Waals surface area contributed by atoms with Crippen LogP contribution in [-0.2, 0) is 17.1 Å². The van der Waals surface area contributed by atoms with Crippen molar-refractivity contribution in [1.82, 2.24) is 0 Å². The number of nitrogens with one attached hydrogen (secondary N) is 1. The van der Waals surface area contributed by atoms with E-state index in [0.717, 1.165) is 6.08 Å². The molecule has 0 spiro atoms. The van der Waals surface area contributed by atoms with Crippen LogP contribution in [0.1, 0.15) is 16.0 Å². The van der Waals surface area contributed by atoms with Gasteiger partial charge in [-0.25, -0.2) is 0 Å². The minimum atomic E-state index is -4.96. The lowest BCUT2D eigenvalue weighted by molar-refractivity contribution is -0.143. The number of thiophene rings is 1. The molecule has 0 unspecified atom stereocenters. The Bertz CT molecular complexity index is 714. The van der Waals surface area contributed by atoms with Gasteiger partial charge in [-0.2, -0.15) is 26.3 Å². The monoisotopic (exact) mass is 365 g/mol. The number of carbonyl (C=O) groups excluding carboxylic acids is 1. The predicted octanol–water partition coefficient (Wildman–Crippen LogP) is 5.44. The number of rotatable bonds is 3. The van der Waals surface area contributed by atoms with Crippen molar-refractivity contribution < 1.29 is 31.1 Å². The first-order chi connectivity index (χ1) is 11.1. The molecular weight excluding hydrogens is 356 g/mol. The molecule has 0 fully saturated rings. The molecule has 0 atom stereocenters. The second-order valence-corrected chi connectivity index (χ2v) is 5.61. The van der Waals surface area contributed by atoms with Gasteiger partial charge in [-0.15, -0.1) is 11.3 Å². The van der Waals surface area contributed by atoms with Crippen LogP contribution in [0.2, 0.25) is 0 Å². The summed E-state index contributed by atoms with van der Waals surface area (Å²) in [7, 11) is 0. The molecule has 2 nitrogen and oxygen atoms in total. The molecule has 2 aromatic rings. The van der Waals surface area contributed by atoms with Crippen molar-refractivity contribution >= 4 is 29.0 Å². The second kappa shape index (κ2) is 6.68. The van der Waals surface area contributed by atoms with Gasteiger partial charge in [0.25, 0.3) is 0 Å². The first-order valence-electron chi connectivity index (χ1n) is 6.38. The van der Waals surface area contributed by atoms with Gasteiger partial charge in [-0.1, -0.05) is 6.07 Å². The molecule has 9 heteroatoms. The molecule has 1 aromatic carbocycles. The summed E-state index contributed by atoms with van der Waals surface area (Å²) in [6, 6.07) is 4.32. The molecule has 24 heavy (non-hydrogen) atoms. The Labute approximate surface area is 136 Å². The van der Waals surface area contributed by atoms with E-state index in [1.807, 2.05) is 5.32 Å². The maximum Gasteiger partial charge on any atom is 0.416 e. The number of alkyl halides is 6. The van der Waals surface area contributed by atoms with Crippen LogP contribution in [0.3, 0.4) is 0 Å². The Morgan fingerprint density at radius 3 is 2.04 bits per heavy atom. The van der Waals surface area contributed by atoms with E-state index in [1.54, 1.807) is 17.5 Å². The Kier molecular flexibility index (Phi) is 5.02. The third kappa shape index (κ3) is 4.85. The zero-order valence-electron chi connectivity index (χ0n) is 11.7. The number of benzene rings is 1. The van der Waals surface area contributed by atoms with Crippen LogP contribution in [0, 0.1) is 0 Å². The van der Waals surface area contributed by atoms with Crippen LogP contribution >= 0.6 is 11.3 Å². The van der Waals surface area contributed by atoms with Gasteiger partial charge >= 0.3 is 12.4 Å². The molecule has 0 aliphatic heterocycles. The summed E-state index contributed by atoms with van der Waals surface area (Å²) in [5.41, 5.74) is -3.57. The molecule has 1 amide bonds. The first-order valence-corrected chi connectivity index (χ1v) is 7.26. The third-order valence-corrected chi connectivity index (χ3v) is 3.63. The van der Waals surface area contributed by atoms with E-state index in [-0.39, 0.29) is 6.07 Å². The molecule has 0 radical (unpaired) electrons. The van der Waals surface area contributed by atoms with E-state index in [9.17, 15) is 31.1 Å². The lowest BCUT2D eigenvalue weighted by Crippen LogP contribution is -2.14. The summed E-state index contributed by atoms with van der Waals surface area (Å²) in [6.07, 6.45) is -7.50. The average molecular weight is 365 g/mol. The highest BCUT2D eigenvalue weighted by Gasteiger charge is 2.37. The van der Waals surface area contributed by atoms with Crippen LogP contribution in [0.4, 0.5) is 32.0 Å². The second-order valence-electron chi connectivity index (χ2n) is 4.63. The van der Waals surface area contributed by atoms with Gasteiger partial charge in [0.05, 0.1) is 11.1 Å². The normalized spacial score (nSPS) is 12.6. The van der Waals surface area contributed by atoms with E-state index in [1.165, 1.54) is 17.4 Å². The fraction of sp³-hybridized carbons (Fsp3) is 0.133. The highest BCUT2D eigenvalue weighted by atomic mass is 32.1. The summed E-state index contributed by atoms with van der Waals surface area (Å²) in [5.74, 6) is -0.837. The molecule has 0 aliphatic carbocycles. The van der Waals surface area contributed by atoms with Gasteiger partial charge in [-0.3, -0.25) is 4.79 Å². The lowest BCUT2D eigenvalue weighted by Gasteiger charge is -2.14. The van der Waals surface area contributed by atoms with E-state index in [0.29, 0.717) is 17.0 Å². The molecule has 0 saturated heterocycles. The number of hydrogen-bond donors (Lipinski definition) is 1. The van der Waals surface area contributed by atoms with Crippen molar-refractivity contribution in [3.8, 4) is 0 Å². The molecule has 1 N–H and O–H groups in total. The Morgan fingerprint density at radius 1 is 1.00 bits per heavy atom. The number of anilines is 1. The Morgan fingerprint density at radius 2 is 1.58 bits per heavy atom. The highest BCUT2D eigenvalue weighted by Crippen LogP contribution is 2.37. The van der Waals surface area contributed by atoms with Crippen molar-refractivity contribution in [2.24, 2.45) is 0 Å². The lowest BCUT2D eigenvalue weighted by atomic mass is 10.1. The highest BCUT2D eigenvalue weighted by molar-refractivity contribution is 7.10. The number of amides is 1. The fourth-order valence-corrected chi connectivity index (χ4v) is 2.37. The van der Waals surface area contributed by atoms with Gasteiger partial charge in [-0.05, 0) is 35.7 Å². The number of halogens is 6. The molecule has 0 saturated carbocycles. The van der Waals surface area contributed by atoms with Crippen molar-refractivity contribution in [2.75, 3.05) is 5.32 Å². The maximum absolute atomic E-state index is 12.7. The molecule has 0 bridgehead atoms. The van der Waals surface area contributed by atoms with Crippen LogP contribution in [0.5, 0.6) is 0 Å². The van der Waals surface area contributed by atoms with Gasteiger partial charge in [0.2, 0.25) is 5.91 Å². The quantitative estimate of drug-likeness (QED) is 0.570. The summed E-state index contributed by atoms with van der Waals surface area (Å²) >= 11 is 1.32. The summed E-state index contributed by atoms with van der Waals surface area (Å²) in [4.78, 5) is 12.4. The predicted molar refractivity (Wildman–Crippen MR) is 78.4 cm³/mol. The molecule has 128 valence electrons. The Hall–Kier alpha value is -2.29. The van der Waals surface area contributed by atoms with Crippen molar-refractivity contribution in [3.05, 3.63) is 57.8 Å². The van der Waals surface area contributed by atoms with Crippen LogP contribution < -0.4 is 5.32 Å². The van der Waals surface area contributed by atoms with Crippen molar-refractivity contribution in [2.45, 2.75) is 12.4 Å². The van der Waals surface area contributed by atoms with Gasteiger partial charge in [0.1, 0.15) is 0 Å². The largest absolute Gasteiger partial charge is 0.416 e. The van der Waals surface area contributed by atoms with E-state index in [2.05, 4.69) is 0 Å². The minimum absolute atomic E-state index is 0.00283. The third-order valence-electron chi connectivity index (χ3n) is 2.80. The smallest absolute Gasteiger partial charge is 0.322 e. The SMILES string of the molecule is O=C(/C=C/c1cccs1)Nc1cc(C(F)(F)F)cc(C(F)(F)F)c1. The van der Waals surface area contributed by atoms with Crippen molar-refractivity contribution in [3.63, 3.8) is 0 Å². The summed E-state index contributed by atoms with van der Waals surface area (Å²) < 4.78 is 76.3. The first kappa shape index (κ1) is 18.1. The molecular formula is C15H9F6NOS. The Balaban J connectivity index is 2.27. The zero-order chi connectivity index (χ0) is 18.0. The van der Waals surface area contributed by atoms with Crippen LogP contribution in [0.15, 0.2) is 41.8 Å².